The van der Waals surface area contributed by atoms with Crippen molar-refractivity contribution in [1.29, 1.82) is 0 Å². The summed E-state index contributed by atoms with van der Waals surface area (Å²) in [6.07, 6.45) is 4.58. The standard InChI is InChI=1S/C29H35Cl2NO3/c1-28(2,3)35-26(33)8-5-13-32-14-11-29(12-15-32)18-34-25-16-19(9-10-22(25)29)20-17-21(20)27-23(30)6-4-7-24(27)31/h4,6-7,9-10,16,20-21H,5,8,11-15,17-18H2,1-3H3. The summed E-state index contributed by atoms with van der Waals surface area (Å²) in [5, 5.41) is 1.53. The minimum absolute atomic E-state index is 0.102. The molecule has 2 fully saturated rings. The Morgan fingerprint density at radius 3 is 2.51 bits per heavy atom. The van der Waals surface area contributed by atoms with E-state index in [-0.39, 0.29) is 11.4 Å². The van der Waals surface area contributed by atoms with E-state index in [0.29, 0.717) is 18.3 Å². The SMILES string of the molecule is CC(C)(C)OC(=O)CCCN1CCC2(CC1)COc1cc(C3CC3c3c(Cl)cccc3Cl)ccc12. The van der Waals surface area contributed by atoms with Crippen LogP contribution in [0.1, 0.15) is 81.4 Å². The second-order valence-corrected chi connectivity index (χ2v) is 12.3. The molecular weight excluding hydrogens is 481 g/mol. The summed E-state index contributed by atoms with van der Waals surface area (Å²) >= 11 is 12.9. The maximum Gasteiger partial charge on any atom is 0.306 e. The predicted octanol–water partition coefficient (Wildman–Crippen LogP) is 7.11. The Hall–Kier alpha value is -1.75. The van der Waals surface area contributed by atoms with Crippen LogP contribution in [0.25, 0.3) is 0 Å². The van der Waals surface area contributed by atoms with Crippen LogP contribution in [-0.4, -0.2) is 42.7 Å². The fraction of sp³-hybridized carbons (Fsp3) is 0.552. The number of benzene rings is 2. The van der Waals surface area contributed by atoms with Gasteiger partial charge in [-0.25, -0.2) is 0 Å². The van der Waals surface area contributed by atoms with Gasteiger partial charge in [-0.15, -0.1) is 0 Å². The van der Waals surface area contributed by atoms with Gasteiger partial charge < -0.3 is 14.4 Å². The maximum absolute atomic E-state index is 12.0. The first kappa shape index (κ1) is 24.9. The smallest absolute Gasteiger partial charge is 0.306 e. The highest BCUT2D eigenvalue weighted by molar-refractivity contribution is 6.36. The molecule has 3 aliphatic rings. The van der Waals surface area contributed by atoms with Gasteiger partial charge in [0.2, 0.25) is 0 Å². The lowest BCUT2D eigenvalue weighted by Crippen LogP contribution is -2.44. The van der Waals surface area contributed by atoms with Crippen molar-refractivity contribution in [2.24, 2.45) is 0 Å². The molecule has 1 aliphatic carbocycles. The zero-order chi connectivity index (χ0) is 24.8. The molecule has 2 aromatic rings. The minimum Gasteiger partial charge on any atom is -0.492 e. The molecule has 2 aliphatic heterocycles. The molecule has 1 saturated carbocycles. The predicted molar refractivity (Wildman–Crippen MR) is 141 cm³/mol. The zero-order valence-corrected chi connectivity index (χ0v) is 22.4. The van der Waals surface area contributed by atoms with E-state index in [1.807, 2.05) is 39.0 Å². The molecule has 2 unspecified atom stereocenters. The van der Waals surface area contributed by atoms with Gasteiger partial charge in [0, 0.05) is 27.4 Å². The van der Waals surface area contributed by atoms with Crippen LogP contribution in [0.15, 0.2) is 36.4 Å². The zero-order valence-electron chi connectivity index (χ0n) is 20.9. The van der Waals surface area contributed by atoms with Crippen LogP contribution < -0.4 is 4.74 Å². The topological polar surface area (TPSA) is 38.8 Å². The third-order valence-electron chi connectivity index (χ3n) is 7.76. The van der Waals surface area contributed by atoms with Crippen LogP contribution in [0.4, 0.5) is 0 Å². The summed E-state index contributed by atoms with van der Waals surface area (Å²) in [5.74, 6) is 1.78. The van der Waals surface area contributed by atoms with Gasteiger partial charge in [0.1, 0.15) is 11.4 Å². The van der Waals surface area contributed by atoms with Crippen molar-refractivity contribution in [3.8, 4) is 5.75 Å². The Kier molecular flexibility index (Phi) is 6.84. The summed E-state index contributed by atoms with van der Waals surface area (Å²) < 4.78 is 11.7. The number of ether oxygens (including phenoxy) is 2. The van der Waals surface area contributed by atoms with Crippen molar-refractivity contribution in [3.05, 3.63) is 63.1 Å². The number of fused-ring (bicyclic) bond motifs is 2. The van der Waals surface area contributed by atoms with Gasteiger partial charge in [0.05, 0.1) is 6.61 Å². The van der Waals surface area contributed by atoms with Crippen molar-refractivity contribution in [3.63, 3.8) is 0 Å². The van der Waals surface area contributed by atoms with E-state index in [1.54, 1.807) is 0 Å². The molecule has 0 radical (unpaired) electrons. The third kappa shape index (κ3) is 5.35. The molecule has 2 heterocycles. The quantitative estimate of drug-likeness (QED) is 0.384. The molecule has 0 N–H and O–H groups in total. The number of hydrogen-bond acceptors (Lipinski definition) is 4. The van der Waals surface area contributed by atoms with Gasteiger partial charge in [0.15, 0.2) is 0 Å². The second kappa shape index (κ2) is 9.61. The molecular formula is C29H35Cl2NO3. The van der Waals surface area contributed by atoms with Crippen molar-refractivity contribution in [2.45, 2.75) is 75.7 Å². The Labute approximate surface area is 218 Å². The van der Waals surface area contributed by atoms with Crippen LogP contribution >= 0.6 is 23.2 Å². The lowest BCUT2D eigenvalue weighted by molar-refractivity contribution is -0.155. The minimum atomic E-state index is -0.410. The molecule has 1 saturated heterocycles. The maximum atomic E-state index is 12.0. The van der Waals surface area contributed by atoms with Crippen molar-refractivity contribution in [2.75, 3.05) is 26.2 Å². The first-order chi connectivity index (χ1) is 16.7. The van der Waals surface area contributed by atoms with Crippen LogP contribution in [0.3, 0.4) is 0 Å². The van der Waals surface area contributed by atoms with Gasteiger partial charge in [-0.1, -0.05) is 41.4 Å². The fourth-order valence-electron chi connectivity index (χ4n) is 5.83. The highest BCUT2D eigenvalue weighted by Gasteiger charge is 2.45. The molecule has 5 rings (SSSR count). The molecule has 188 valence electrons. The molecule has 1 spiro atoms. The Bertz CT molecular complexity index is 1080. The van der Waals surface area contributed by atoms with E-state index in [2.05, 4.69) is 23.1 Å². The summed E-state index contributed by atoms with van der Waals surface area (Å²) in [7, 11) is 0. The number of nitrogens with zero attached hydrogens (tertiary/aromatic N) is 1. The molecule has 35 heavy (non-hydrogen) atoms. The Balaban J connectivity index is 1.17. The summed E-state index contributed by atoms with van der Waals surface area (Å²) in [4.78, 5) is 14.5. The monoisotopic (exact) mass is 515 g/mol. The first-order valence-corrected chi connectivity index (χ1v) is 13.6. The van der Waals surface area contributed by atoms with Crippen molar-refractivity contribution >= 4 is 29.2 Å². The van der Waals surface area contributed by atoms with Gasteiger partial charge in [-0.05, 0) is 107 Å². The molecule has 2 aromatic carbocycles. The highest BCUT2D eigenvalue weighted by Crippen LogP contribution is 2.59. The van der Waals surface area contributed by atoms with Gasteiger partial charge in [-0.2, -0.15) is 0 Å². The van der Waals surface area contributed by atoms with E-state index < -0.39 is 5.60 Å². The number of halogens is 2. The lowest BCUT2D eigenvalue weighted by atomic mass is 9.74. The first-order valence-electron chi connectivity index (χ1n) is 12.8. The van der Waals surface area contributed by atoms with Gasteiger partial charge in [-0.3, -0.25) is 4.79 Å². The molecule has 2 atom stereocenters. The molecule has 0 amide bonds. The summed E-state index contributed by atoms with van der Waals surface area (Å²) in [6.45, 7) is 9.52. The van der Waals surface area contributed by atoms with E-state index in [4.69, 9.17) is 32.7 Å². The van der Waals surface area contributed by atoms with Crippen LogP contribution in [0, 0.1) is 0 Å². The fourth-order valence-corrected chi connectivity index (χ4v) is 6.50. The number of likely N-dealkylation sites (tertiary alicyclic amines) is 1. The van der Waals surface area contributed by atoms with Crippen LogP contribution in [0.5, 0.6) is 5.75 Å². The number of carbonyl (C=O) groups is 1. The average molecular weight is 517 g/mol. The van der Waals surface area contributed by atoms with Gasteiger partial charge in [0.25, 0.3) is 0 Å². The molecule has 4 nitrogen and oxygen atoms in total. The molecule has 0 bridgehead atoms. The normalized spacial score (nSPS) is 23.1. The number of carbonyl (C=O) groups excluding carboxylic acids is 1. The van der Waals surface area contributed by atoms with E-state index >= 15 is 0 Å². The highest BCUT2D eigenvalue weighted by atomic mass is 35.5. The van der Waals surface area contributed by atoms with Crippen LogP contribution in [-0.2, 0) is 14.9 Å². The lowest BCUT2D eigenvalue weighted by Gasteiger charge is -2.38. The Morgan fingerprint density at radius 2 is 1.83 bits per heavy atom. The average Bonchev–Trinajstić information content (AvgIpc) is 3.50. The molecule has 6 heteroatoms. The molecule has 0 aromatic heterocycles. The number of piperidine rings is 1. The van der Waals surface area contributed by atoms with E-state index in [9.17, 15) is 4.79 Å². The van der Waals surface area contributed by atoms with E-state index in [1.165, 1.54) is 11.1 Å². The number of rotatable bonds is 6. The largest absolute Gasteiger partial charge is 0.492 e. The summed E-state index contributed by atoms with van der Waals surface area (Å²) in [5.41, 5.74) is 3.47. The van der Waals surface area contributed by atoms with Crippen LogP contribution in [0.2, 0.25) is 10.0 Å². The third-order valence-corrected chi connectivity index (χ3v) is 8.42. The van der Waals surface area contributed by atoms with Crippen molar-refractivity contribution in [1.82, 2.24) is 4.90 Å². The second-order valence-electron chi connectivity index (χ2n) is 11.4. The Morgan fingerprint density at radius 1 is 1.11 bits per heavy atom. The van der Waals surface area contributed by atoms with E-state index in [0.717, 1.165) is 73.3 Å². The van der Waals surface area contributed by atoms with Crippen molar-refractivity contribution < 1.29 is 14.3 Å². The van der Waals surface area contributed by atoms with Gasteiger partial charge >= 0.3 is 5.97 Å². The summed E-state index contributed by atoms with van der Waals surface area (Å²) in [6, 6.07) is 12.6. The number of esters is 1. The number of hydrogen-bond donors (Lipinski definition) is 0.